The van der Waals surface area contributed by atoms with Crippen molar-refractivity contribution in [1.29, 1.82) is 5.26 Å². The van der Waals surface area contributed by atoms with Gasteiger partial charge in [0, 0.05) is 0 Å². The van der Waals surface area contributed by atoms with Crippen LogP contribution in [0.25, 0.3) is 0 Å². The Morgan fingerprint density at radius 2 is 1.95 bits per heavy atom. The van der Waals surface area contributed by atoms with Gasteiger partial charge in [0.1, 0.15) is 11.3 Å². The van der Waals surface area contributed by atoms with Crippen molar-refractivity contribution >= 4 is 0 Å². The minimum atomic E-state index is -0.714. The van der Waals surface area contributed by atoms with Crippen LogP contribution in [-0.4, -0.2) is 12.1 Å². The second kappa shape index (κ2) is 6.95. The van der Waals surface area contributed by atoms with Crippen LogP contribution >= 0.6 is 0 Å². The van der Waals surface area contributed by atoms with Crippen LogP contribution in [0.15, 0.2) is 18.2 Å². The Hall–Kier alpha value is -1.53. The van der Waals surface area contributed by atoms with E-state index in [2.05, 4.69) is 45.9 Å². The average molecular weight is 288 g/mol. The van der Waals surface area contributed by atoms with E-state index in [9.17, 15) is 0 Å². The largest absolute Gasteiger partial charge is 0.493 e. The molecule has 0 aliphatic rings. The first-order valence-electron chi connectivity index (χ1n) is 7.66. The number of benzene rings is 1. The zero-order valence-corrected chi connectivity index (χ0v) is 14.0. The number of hydrogen-bond donors (Lipinski definition) is 1. The summed E-state index contributed by atoms with van der Waals surface area (Å²) in [5, 5.41) is 9.04. The monoisotopic (exact) mass is 288 g/mol. The smallest absolute Gasteiger partial charge is 0.122 e. The van der Waals surface area contributed by atoms with Crippen LogP contribution in [0.2, 0.25) is 0 Å². The van der Waals surface area contributed by atoms with Crippen molar-refractivity contribution in [1.82, 2.24) is 0 Å². The lowest BCUT2D eigenvalue weighted by Crippen LogP contribution is -2.37. The summed E-state index contributed by atoms with van der Waals surface area (Å²) in [5.74, 6) is 0.916. The molecule has 3 heteroatoms. The number of nitrogens with two attached hydrogens (primary N) is 1. The fourth-order valence-electron chi connectivity index (χ4n) is 2.16. The van der Waals surface area contributed by atoms with Gasteiger partial charge in [0.15, 0.2) is 0 Å². The predicted octanol–water partition coefficient (Wildman–Crippen LogP) is 4.08. The van der Waals surface area contributed by atoms with E-state index in [4.69, 9.17) is 15.7 Å². The van der Waals surface area contributed by atoms with Crippen LogP contribution in [0.3, 0.4) is 0 Å². The van der Waals surface area contributed by atoms with Crippen LogP contribution in [0.5, 0.6) is 5.75 Å². The third-order valence-electron chi connectivity index (χ3n) is 3.92. The maximum absolute atomic E-state index is 9.04. The van der Waals surface area contributed by atoms with E-state index in [1.807, 2.05) is 13.0 Å². The summed E-state index contributed by atoms with van der Waals surface area (Å²) in [6.07, 6.45) is 2.13. The molecule has 21 heavy (non-hydrogen) atoms. The summed E-state index contributed by atoms with van der Waals surface area (Å²) in [4.78, 5) is 0. The van der Waals surface area contributed by atoms with Gasteiger partial charge >= 0.3 is 0 Å². The highest BCUT2D eigenvalue weighted by Crippen LogP contribution is 2.27. The molecule has 0 saturated carbocycles. The number of aryl methyl sites for hydroxylation is 1. The van der Waals surface area contributed by atoms with Crippen LogP contribution in [0.4, 0.5) is 0 Å². The fourth-order valence-corrected chi connectivity index (χ4v) is 2.16. The molecule has 0 saturated heterocycles. The van der Waals surface area contributed by atoms with Crippen LogP contribution in [0.1, 0.15) is 58.1 Å². The number of nitrogens with zero attached hydrogens (tertiary/aromatic N) is 1. The lowest BCUT2D eigenvalue weighted by Gasteiger charge is -2.21. The molecule has 1 aromatic rings. The second-order valence-corrected chi connectivity index (χ2v) is 6.80. The minimum absolute atomic E-state index is 0.149. The van der Waals surface area contributed by atoms with Crippen LogP contribution in [0, 0.1) is 18.3 Å². The Morgan fingerprint density at radius 3 is 2.43 bits per heavy atom. The van der Waals surface area contributed by atoms with E-state index in [1.165, 1.54) is 5.56 Å². The molecule has 0 radical (unpaired) electrons. The highest BCUT2D eigenvalue weighted by atomic mass is 16.5. The summed E-state index contributed by atoms with van der Waals surface area (Å²) >= 11 is 0. The maximum Gasteiger partial charge on any atom is 0.122 e. The molecule has 1 atom stereocenters. The molecule has 0 heterocycles. The molecular formula is C18H28N2O. The van der Waals surface area contributed by atoms with Crippen molar-refractivity contribution in [3.63, 3.8) is 0 Å². The molecule has 0 spiro atoms. The van der Waals surface area contributed by atoms with E-state index >= 15 is 0 Å². The third-order valence-corrected chi connectivity index (χ3v) is 3.92. The van der Waals surface area contributed by atoms with E-state index < -0.39 is 5.54 Å². The zero-order valence-electron chi connectivity index (χ0n) is 14.0. The van der Waals surface area contributed by atoms with Crippen molar-refractivity contribution in [3.8, 4) is 11.8 Å². The van der Waals surface area contributed by atoms with Gasteiger partial charge in [0.2, 0.25) is 0 Å². The lowest BCUT2D eigenvalue weighted by atomic mass is 9.86. The maximum atomic E-state index is 9.04. The SMILES string of the molecule is CCC(N)(C#N)CCCOc1ccc(C(C)(C)C)cc1C. The first-order chi connectivity index (χ1) is 9.72. The quantitative estimate of drug-likeness (QED) is 0.802. The molecule has 3 nitrogen and oxygen atoms in total. The predicted molar refractivity (Wildman–Crippen MR) is 87.4 cm³/mol. The van der Waals surface area contributed by atoms with Gasteiger partial charge in [-0.05, 0) is 48.8 Å². The van der Waals surface area contributed by atoms with Crippen molar-refractivity contribution < 1.29 is 4.74 Å². The van der Waals surface area contributed by atoms with E-state index in [0.717, 1.165) is 17.7 Å². The van der Waals surface area contributed by atoms with Gasteiger partial charge in [0.05, 0.1) is 12.7 Å². The van der Waals surface area contributed by atoms with Crippen LogP contribution in [-0.2, 0) is 5.41 Å². The van der Waals surface area contributed by atoms with E-state index in [0.29, 0.717) is 19.4 Å². The number of ether oxygens (including phenoxy) is 1. The molecule has 0 aliphatic carbocycles. The Morgan fingerprint density at radius 1 is 1.29 bits per heavy atom. The summed E-state index contributed by atoms with van der Waals surface area (Å²) in [6.45, 7) is 11.2. The van der Waals surface area contributed by atoms with Crippen molar-refractivity contribution in [2.45, 2.75) is 64.8 Å². The first kappa shape index (κ1) is 17.5. The summed E-state index contributed by atoms with van der Waals surface area (Å²) in [5.41, 5.74) is 7.85. The van der Waals surface area contributed by atoms with Crippen molar-refractivity contribution in [2.24, 2.45) is 5.73 Å². The normalized spacial score (nSPS) is 14.3. The van der Waals surface area contributed by atoms with E-state index in [-0.39, 0.29) is 5.41 Å². The topological polar surface area (TPSA) is 59.0 Å². The standard InChI is InChI=1S/C18H28N2O/c1-6-18(20,13-19)10-7-11-21-16-9-8-15(12-14(16)2)17(3,4)5/h8-9,12H,6-7,10-11,20H2,1-5H3. The molecule has 0 aliphatic heterocycles. The Labute approximate surface area is 129 Å². The molecule has 2 N–H and O–H groups in total. The zero-order chi connectivity index (χ0) is 16.1. The highest BCUT2D eigenvalue weighted by molar-refractivity contribution is 5.38. The highest BCUT2D eigenvalue weighted by Gasteiger charge is 2.21. The Balaban J connectivity index is 2.56. The van der Waals surface area contributed by atoms with Crippen molar-refractivity contribution in [3.05, 3.63) is 29.3 Å². The second-order valence-electron chi connectivity index (χ2n) is 6.80. The van der Waals surface area contributed by atoms with Gasteiger partial charge in [-0.25, -0.2) is 0 Å². The summed E-state index contributed by atoms with van der Waals surface area (Å²) in [6, 6.07) is 8.53. The van der Waals surface area contributed by atoms with Gasteiger partial charge in [-0.15, -0.1) is 0 Å². The average Bonchev–Trinajstić information content (AvgIpc) is 2.43. The van der Waals surface area contributed by atoms with Gasteiger partial charge in [-0.2, -0.15) is 5.26 Å². The molecule has 0 bridgehead atoms. The number of hydrogen-bond acceptors (Lipinski definition) is 3. The number of nitriles is 1. The van der Waals surface area contributed by atoms with Crippen LogP contribution < -0.4 is 10.5 Å². The minimum Gasteiger partial charge on any atom is -0.493 e. The fraction of sp³-hybridized carbons (Fsp3) is 0.611. The van der Waals surface area contributed by atoms with Crippen molar-refractivity contribution in [2.75, 3.05) is 6.61 Å². The molecule has 0 aromatic heterocycles. The Kier molecular flexibility index (Phi) is 5.80. The molecule has 0 fully saturated rings. The van der Waals surface area contributed by atoms with Gasteiger partial charge in [-0.3, -0.25) is 0 Å². The van der Waals surface area contributed by atoms with Gasteiger partial charge < -0.3 is 10.5 Å². The molecule has 1 unspecified atom stereocenters. The molecule has 0 amide bonds. The summed E-state index contributed by atoms with van der Waals surface area (Å²) in [7, 11) is 0. The first-order valence-corrected chi connectivity index (χ1v) is 7.66. The Bertz CT molecular complexity index is 511. The lowest BCUT2D eigenvalue weighted by molar-refractivity contribution is 0.290. The number of rotatable bonds is 6. The van der Waals surface area contributed by atoms with E-state index in [1.54, 1.807) is 0 Å². The van der Waals surface area contributed by atoms with Gasteiger partial charge in [0.25, 0.3) is 0 Å². The van der Waals surface area contributed by atoms with Gasteiger partial charge in [-0.1, -0.05) is 39.8 Å². The molecular weight excluding hydrogens is 260 g/mol. The molecule has 1 aromatic carbocycles. The molecule has 1 rings (SSSR count). The third kappa shape index (κ3) is 5.06. The summed E-state index contributed by atoms with van der Waals surface area (Å²) < 4.78 is 5.82. The molecule has 116 valence electrons.